The Labute approximate surface area is 157 Å². The fraction of sp³-hybridized carbons (Fsp3) is 0.636. The molecule has 0 radical (unpaired) electrons. The van der Waals surface area contributed by atoms with Crippen LogP contribution in [0.4, 0.5) is 0 Å². The van der Waals surface area contributed by atoms with E-state index in [-0.39, 0.29) is 23.9 Å². The molecule has 1 aliphatic heterocycles. The second-order valence-corrected chi connectivity index (χ2v) is 8.57. The molecule has 0 aromatic heterocycles. The van der Waals surface area contributed by atoms with Crippen LogP contribution in [0.15, 0.2) is 24.3 Å². The third-order valence-corrected chi connectivity index (χ3v) is 5.82. The van der Waals surface area contributed by atoms with Crippen LogP contribution in [0.25, 0.3) is 0 Å². The Hall–Kier alpha value is -1.84. The molecule has 4 nitrogen and oxygen atoms in total. The van der Waals surface area contributed by atoms with E-state index in [0.717, 1.165) is 18.8 Å². The maximum absolute atomic E-state index is 13.1. The summed E-state index contributed by atoms with van der Waals surface area (Å²) in [5, 5.41) is 3.25. The van der Waals surface area contributed by atoms with Gasteiger partial charge in [0.15, 0.2) is 0 Å². The van der Waals surface area contributed by atoms with E-state index in [4.69, 9.17) is 0 Å². The predicted octanol–water partition coefficient (Wildman–Crippen LogP) is 3.68. The Morgan fingerprint density at radius 1 is 1.12 bits per heavy atom. The van der Waals surface area contributed by atoms with Crippen LogP contribution in [0, 0.1) is 11.8 Å². The van der Waals surface area contributed by atoms with Crippen molar-refractivity contribution in [3.05, 3.63) is 35.4 Å². The molecule has 142 valence electrons. The molecule has 1 N–H and O–H groups in total. The summed E-state index contributed by atoms with van der Waals surface area (Å²) in [4.78, 5) is 27.7. The van der Waals surface area contributed by atoms with Crippen LogP contribution < -0.4 is 5.32 Å². The van der Waals surface area contributed by atoms with Crippen molar-refractivity contribution in [2.75, 3.05) is 0 Å². The molecule has 3 rings (SSSR count). The lowest BCUT2D eigenvalue weighted by molar-refractivity contribution is -0.142. The van der Waals surface area contributed by atoms with Crippen molar-refractivity contribution in [1.82, 2.24) is 10.2 Å². The zero-order valence-electron chi connectivity index (χ0n) is 16.3. The summed E-state index contributed by atoms with van der Waals surface area (Å²) in [5.74, 6) is 1.17. The van der Waals surface area contributed by atoms with E-state index >= 15 is 0 Å². The van der Waals surface area contributed by atoms with Crippen LogP contribution >= 0.6 is 0 Å². The van der Waals surface area contributed by atoms with Crippen molar-refractivity contribution < 1.29 is 9.59 Å². The molecule has 1 heterocycles. The second-order valence-electron chi connectivity index (χ2n) is 8.57. The molecule has 0 saturated heterocycles. The average molecular weight is 357 g/mol. The molecule has 1 atom stereocenters. The minimum absolute atomic E-state index is 0.0242. The van der Waals surface area contributed by atoms with E-state index in [2.05, 4.69) is 24.4 Å². The number of hydrogen-bond donors (Lipinski definition) is 1. The van der Waals surface area contributed by atoms with E-state index in [1.807, 2.05) is 30.9 Å². The van der Waals surface area contributed by atoms with Gasteiger partial charge in [-0.25, -0.2) is 0 Å². The fourth-order valence-corrected chi connectivity index (χ4v) is 4.19. The number of amides is 2. The quantitative estimate of drug-likeness (QED) is 0.895. The van der Waals surface area contributed by atoms with E-state index in [0.29, 0.717) is 25.3 Å². The highest BCUT2D eigenvalue weighted by Gasteiger charge is 2.35. The number of nitrogens with zero attached hydrogens (tertiary/aromatic N) is 1. The standard InChI is InChI=1S/C22H32N2O2/c1-15(2)12-21(25)24-14-18-7-5-4-6-17(18)13-20(24)22(26)23-19-10-8-16(3)9-11-19/h4-7,15-16,19-20H,8-14H2,1-3H3,(H,23,26). The fourth-order valence-electron chi connectivity index (χ4n) is 4.19. The first-order valence-electron chi connectivity index (χ1n) is 10.1. The van der Waals surface area contributed by atoms with Gasteiger partial charge in [-0.05, 0) is 48.6 Å². The lowest BCUT2D eigenvalue weighted by atomic mass is 9.87. The van der Waals surface area contributed by atoms with Gasteiger partial charge in [0.2, 0.25) is 11.8 Å². The van der Waals surface area contributed by atoms with E-state index in [9.17, 15) is 9.59 Å². The molecule has 1 unspecified atom stereocenters. The molecule has 26 heavy (non-hydrogen) atoms. The predicted molar refractivity (Wildman–Crippen MR) is 104 cm³/mol. The van der Waals surface area contributed by atoms with Gasteiger partial charge in [-0.15, -0.1) is 0 Å². The number of nitrogens with one attached hydrogen (secondary N) is 1. The van der Waals surface area contributed by atoms with Crippen molar-refractivity contribution in [2.24, 2.45) is 11.8 Å². The van der Waals surface area contributed by atoms with Crippen LogP contribution in [0.3, 0.4) is 0 Å². The second kappa shape index (κ2) is 8.24. The smallest absolute Gasteiger partial charge is 0.243 e. The Morgan fingerprint density at radius 2 is 1.77 bits per heavy atom. The molecule has 4 heteroatoms. The average Bonchev–Trinajstić information content (AvgIpc) is 2.62. The number of rotatable bonds is 4. The summed E-state index contributed by atoms with van der Waals surface area (Å²) < 4.78 is 0. The highest BCUT2D eigenvalue weighted by molar-refractivity contribution is 5.88. The van der Waals surface area contributed by atoms with E-state index < -0.39 is 0 Å². The van der Waals surface area contributed by atoms with Crippen LogP contribution in [0.1, 0.15) is 64.0 Å². The maximum Gasteiger partial charge on any atom is 0.243 e. The number of hydrogen-bond acceptors (Lipinski definition) is 2. The molecule has 1 aromatic carbocycles. The Kier molecular flexibility index (Phi) is 6.00. The summed E-state index contributed by atoms with van der Waals surface area (Å²) in [6.45, 7) is 6.92. The third-order valence-electron chi connectivity index (χ3n) is 5.82. The van der Waals surface area contributed by atoms with Gasteiger partial charge < -0.3 is 10.2 Å². The summed E-state index contributed by atoms with van der Waals surface area (Å²) >= 11 is 0. The number of fused-ring (bicyclic) bond motifs is 1. The minimum Gasteiger partial charge on any atom is -0.352 e. The van der Waals surface area contributed by atoms with Gasteiger partial charge in [-0.2, -0.15) is 0 Å². The Balaban J connectivity index is 1.74. The van der Waals surface area contributed by atoms with Gasteiger partial charge in [0.05, 0.1) is 0 Å². The lowest BCUT2D eigenvalue weighted by Crippen LogP contribution is -2.54. The lowest BCUT2D eigenvalue weighted by Gasteiger charge is -2.38. The first kappa shape index (κ1) is 18.9. The first-order chi connectivity index (χ1) is 12.4. The van der Waals surface area contributed by atoms with Crippen molar-refractivity contribution >= 4 is 11.8 Å². The number of carbonyl (C=O) groups excluding carboxylic acids is 2. The molecule has 1 saturated carbocycles. The molecule has 1 aliphatic carbocycles. The molecular formula is C22H32N2O2. The number of carbonyl (C=O) groups is 2. The van der Waals surface area contributed by atoms with Crippen molar-refractivity contribution in [1.29, 1.82) is 0 Å². The number of benzene rings is 1. The monoisotopic (exact) mass is 356 g/mol. The van der Waals surface area contributed by atoms with Crippen molar-refractivity contribution in [3.8, 4) is 0 Å². The first-order valence-corrected chi connectivity index (χ1v) is 10.1. The highest BCUT2D eigenvalue weighted by Crippen LogP contribution is 2.27. The highest BCUT2D eigenvalue weighted by atomic mass is 16.2. The zero-order chi connectivity index (χ0) is 18.7. The summed E-state index contributed by atoms with van der Waals surface area (Å²) in [6.07, 6.45) is 5.57. The van der Waals surface area contributed by atoms with Crippen LogP contribution in [0.2, 0.25) is 0 Å². The largest absolute Gasteiger partial charge is 0.352 e. The molecule has 2 aliphatic rings. The van der Waals surface area contributed by atoms with Gasteiger partial charge in [0, 0.05) is 25.4 Å². The van der Waals surface area contributed by atoms with E-state index in [1.165, 1.54) is 24.0 Å². The third kappa shape index (κ3) is 4.46. The van der Waals surface area contributed by atoms with E-state index in [1.54, 1.807) is 0 Å². The summed E-state index contributed by atoms with van der Waals surface area (Å²) in [7, 11) is 0. The summed E-state index contributed by atoms with van der Waals surface area (Å²) in [6, 6.07) is 8.06. The molecule has 0 spiro atoms. The maximum atomic E-state index is 13.1. The molecule has 2 amide bonds. The van der Waals surface area contributed by atoms with Crippen LogP contribution in [0.5, 0.6) is 0 Å². The topological polar surface area (TPSA) is 49.4 Å². The molecule has 1 aromatic rings. The van der Waals surface area contributed by atoms with Crippen LogP contribution in [-0.2, 0) is 22.6 Å². The molecular weight excluding hydrogens is 324 g/mol. The Morgan fingerprint density at radius 3 is 2.42 bits per heavy atom. The SMILES string of the molecule is CC(C)CC(=O)N1Cc2ccccc2CC1C(=O)NC1CCC(C)CC1. The van der Waals surface area contributed by atoms with Crippen molar-refractivity contribution in [3.63, 3.8) is 0 Å². The van der Waals surface area contributed by atoms with Crippen molar-refractivity contribution in [2.45, 2.75) is 77.9 Å². The van der Waals surface area contributed by atoms with Gasteiger partial charge in [-0.1, -0.05) is 45.0 Å². The zero-order valence-corrected chi connectivity index (χ0v) is 16.3. The normalized spacial score (nSPS) is 25.7. The van der Waals surface area contributed by atoms with Crippen LogP contribution in [-0.4, -0.2) is 28.8 Å². The molecule has 1 fully saturated rings. The van der Waals surface area contributed by atoms with Gasteiger partial charge in [-0.3, -0.25) is 9.59 Å². The Bertz CT molecular complexity index is 647. The van der Waals surface area contributed by atoms with Gasteiger partial charge >= 0.3 is 0 Å². The molecule has 0 bridgehead atoms. The summed E-state index contributed by atoms with van der Waals surface area (Å²) in [5.41, 5.74) is 2.36. The van der Waals surface area contributed by atoms with Gasteiger partial charge in [0.1, 0.15) is 6.04 Å². The van der Waals surface area contributed by atoms with Gasteiger partial charge in [0.25, 0.3) is 0 Å². The minimum atomic E-state index is -0.379.